The first kappa shape index (κ1) is 15.1. The molecule has 0 spiro atoms. The average molecular weight is 258 g/mol. The van der Waals surface area contributed by atoms with E-state index in [2.05, 4.69) is 6.92 Å². The van der Waals surface area contributed by atoms with Gasteiger partial charge in [-0.3, -0.25) is 0 Å². The molecule has 0 saturated carbocycles. The van der Waals surface area contributed by atoms with Crippen LogP contribution in [0.2, 0.25) is 0 Å². The van der Waals surface area contributed by atoms with Crippen molar-refractivity contribution in [3.63, 3.8) is 0 Å². The Kier molecular flexibility index (Phi) is 4.46. The summed E-state index contributed by atoms with van der Waals surface area (Å²) in [5.74, 6) is 0. The van der Waals surface area contributed by atoms with Crippen molar-refractivity contribution in [2.45, 2.75) is 58.5 Å². The topological polar surface area (TPSA) is 0 Å². The maximum absolute atomic E-state index is 12.8. The second-order valence-electron chi connectivity index (χ2n) is 5.25. The molecule has 102 valence electrons. The molecule has 0 radical (unpaired) electrons. The maximum Gasteiger partial charge on any atom is 0.416 e. The number of rotatable bonds is 4. The zero-order chi connectivity index (χ0) is 14.0. The van der Waals surface area contributed by atoms with Gasteiger partial charge in [-0.25, -0.2) is 0 Å². The van der Waals surface area contributed by atoms with Gasteiger partial charge in [0, 0.05) is 0 Å². The Morgan fingerprint density at radius 2 is 1.56 bits per heavy atom. The van der Waals surface area contributed by atoms with E-state index in [-0.39, 0.29) is 5.41 Å². The molecule has 0 heterocycles. The fourth-order valence-electron chi connectivity index (χ4n) is 2.37. The molecule has 0 amide bonds. The smallest absolute Gasteiger partial charge is 0.166 e. The normalized spacial score (nSPS) is 15.5. The quantitative estimate of drug-likeness (QED) is 0.670. The third-order valence-corrected chi connectivity index (χ3v) is 3.68. The Morgan fingerprint density at radius 3 is 2.00 bits per heavy atom. The van der Waals surface area contributed by atoms with Gasteiger partial charge in [-0.15, -0.1) is 0 Å². The third kappa shape index (κ3) is 3.27. The van der Waals surface area contributed by atoms with E-state index < -0.39 is 11.7 Å². The summed E-state index contributed by atoms with van der Waals surface area (Å²) in [6.45, 7) is 7.87. The summed E-state index contributed by atoms with van der Waals surface area (Å²) >= 11 is 0. The summed E-state index contributed by atoms with van der Waals surface area (Å²) in [4.78, 5) is 0. The van der Waals surface area contributed by atoms with E-state index in [4.69, 9.17) is 0 Å². The van der Waals surface area contributed by atoms with E-state index in [1.165, 1.54) is 12.1 Å². The molecular weight excluding hydrogens is 237 g/mol. The van der Waals surface area contributed by atoms with Gasteiger partial charge in [0.25, 0.3) is 0 Å². The minimum absolute atomic E-state index is 0.166. The van der Waals surface area contributed by atoms with Gasteiger partial charge in [-0.05, 0) is 42.9 Å². The van der Waals surface area contributed by atoms with E-state index in [9.17, 15) is 13.2 Å². The Bertz CT molecular complexity index is 407. The highest BCUT2D eigenvalue weighted by Crippen LogP contribution is 2.37. The molecule has 3 heteroatoms. The first-order chi connectivity index (χ1) is 8.23. The molecule has 1 atom stereocenters. The van der Waals surface area contributed by atoms with Crippen LogP contribution in [0.15, 0.2) is 18.2 Å². The van der Waals surface area contributed by atoms with Crippen molar-refractivity contribution in [1.29, 1.82) is 0 Å². The van der Waals surface area contributed by atoms with Crippen molar-refractivity contribution in [3.8, 4) is 0 Å². The van der Waals surface area contributed by atoms with Crippen LogP contribution in [0.3, 0.4) is 0 Å². The van der Waals surface area contributed by atoms with Crippen LogP contribution in [0.25, 0.3) is 0 Å². The third-order valence-electron chi connectivity index (χ3n) is 3.68. The van der Waals surface area contributed by atoms with Crippen LogP contribution in [-0.2, 0) is 11.6 Å². The van der Waals surface area contributed by atoms with E-state index in [0.717, 1.165) is 24.8 Å². The number of alkyl halides is 3. The van der Waals surface area contributed by atoms with Gasteiger partial charge in [0.15, 0.2) is 0 Å². The highest BCUT2D eigenvalue weighted by molar-refractivity contribution is 5.35. The second kappa shape index (κ2) is 5.33. The van der Waals surface area contributed by atoms with Crippen LogP contribution in [0.4, 0.5) is 13.2 Å². The minimum Gasteiger partial charge on any atom is -0.166 e. The summed E-state index contributed by atoms with van der Waals surface area (Å²) < 4.78 is 38.5. The minimum atomic E-state index is -4.26. The lowest BCUT2D eigenvalue weighted by Crippen LogP contribution is -2.21. The summed E-state index contributed by atoms with van der Waals surface area (Å²) in [5.41, 5.74) is 0.781. The van der Waals surface area contributed by atoms with E-state index in [1.54, 1.807) is 6.92 Å². The Morgan fingerprint density at radius 1 is 1.00 bits per heavy atom. The van der Waals surface area contributed by atoms with Gasteiger partial charge >= 0.3 is 6.18 Å². The highest BCUT2D eigenvalue weighted by atomic mass is 19.4. The first-order valence-corrected chi connectivity index (χ1v) is 6.42. The molecule has 1 aromatic carbocycles. The molecule has 0 bridgehead atoms. The molecule has 1 rings (SSSR count). The SMILES string of the molecule is CCCC(C)(CC)c1cc(C)cc(C(F)(F)F)c1. The number of hydrogen-bond donors (Lipinski definition) is 0. The van der Waals surface area contributed by atoms with Crippen molar-refractivity contribution in [1.82, 2.24) is 0 Å². The molecule has 0 aliphatic rings. The molecule has 0 saturated heterocycles. The maximum atomic E-state index is 12.8. The fourth-order valence-corrected chi connectivity index (χ4v) is 2.37. The van der Waals surface area contributed by atoms with Gasteiger partial charge < -0.3 is 0 Å². The van der Waals surface area contributed by atoms with Crippen molar-refractivity contribution >= 4 is 0 Å². The molecule has 0 fully saturated rings. The summed E-state index contributed by atoms with van der Waals surface area (Å²) in [5, 5.41) is 0. The van der Waals surface area contributed by atoms with E-state index in [1.807, 2.05) is 19.9 Å². The van der Waals surface area contributed by atoms with Gasteiger partial charge in [-0.2, -0.15) is 13.2 Å². The number of halogens is 3. The van der Waals surface area contributed by atoms with Crippen LogP contribution < -0.4 is 0 Å². The van der Waals surface area contributed by atoms with Crippen LogP contribution in [0.1, 0.15) is 56.7 Å². The zero-order valence-corrected chi connectivity index (χ0v) is 11.5. The summed E-state index contributed by atoms with van der Waals surface area (Å²) in [6, 6.07) is 4.41. The summed E-state index contributed by atoms with van der Waals surface area (Å²) in [6.07, 6.45) is -1.53. The molecule has 1 unspecified atom stereocenters. The lowest BCUT2D eigenvalue weighted by molar-refractivity contribution is -0.137. The molecule has 0 aliphatic heterocycles. The second-order valence-corrected chi connectivity index (χ2v) is 5.25. The molecule has 0 nitrogen and oxygen atoms in total. The highest BCUT2D eigenvalue weighted by Gasteiger charge is 2.33. The predicted octanol–water partition coefficient (Wildman–Crippen LogP) is 5.48. The van der Waals surface area contributed by atoms with Gasteiger partial charge in [-0.1, -0.05) is 38.8 Å². The van der Waals surface area contributed by atoms with Gasteiger partial charge in [0.05, 0.1) is 5.56 Å². The van der Waals surface area contributed by atoms with Crippen LogP contribution in [0.5, 0.6) is 0 Å². The van der Waals surface area contributed by atoms with Crippen LogP contribution in [-0.4, -0.2) is 0 Å². The first-order valence-electron chi connectivity index (χ1n) is 6.42. The van der Waals surface area contributed by atoms with Crippen LogP contribution in [0, 0.1) is 6.92 Å². The van der Waals surface area contributed by atoms with Crippen molar-refractivity contribution in [3.05, 3.63) is 34.9 Å². The molecule has 1 aromatic rings. The van der Waals surface area contributed by atoms with Crippen molar-refractivity contribution in [2.24, 2.45) is 0 Å². The predicted molar refractivity (Wildman–Crippen MR) is 68.7 cm³/mol. The molecule has 0 N–H and O–H groups in total. The largest absolute Gasteiger partial charge is 0.416 e. The number of hydrogen-bond acceptors (Lipinski definition) is 0. The van der Waals surface area contributed by atoms with Crippen LogP contribution >= 0.6 is 0 Å². The van der Waals surface area contributed by atoms with Gasteiger partial charge in [0.1, 0.15) is 0 Å². The van der Waals surface area contributed by atoms with Crippen molar-refractivity contribution in [2.75, 3.05) is 0 Å². The van der Waals surface area contributed by atoms with Gasteiger partial charge in [0.2, 0.25) is 0 Å². The molecule has 18 heavy (non-hydrogen) atoms. The van der Waals surface area contributed by atoms with E-state index >= 15 is 0 Å². The van der Waals surface area contributed by atoms with Crippen molar-refractivity contribution < 1.29 is 13.2 Å². The zero-order valence-electron chi connectivity index (χ0n) is 11.5. The fraction of sp³-hybridized carbons (Fsp3) is 0.600. The monoisotopic (exact) mass is 258 g/mol. The molecule has 0 aromatic heterocycles. The lowest BCUT2D eigenvalue weighted by Gasteiger charge is -2.29. The van der Waals surface area contributed by atoms with E-state index in [0.29, 0.717) is 5.56 Å². The Balaban J connectivity index is 3.28. The number of benzene rings is 1. The molecule has 0 aliphatic carbocycles. The Labute approximate surface area is 107 Å². The molecular formula is C15H21F3. The Hall–Kier alpha value is -0.990. The average Bonchev–Trinajstić information content (AvgIpc) is 2.27. The standard InChI is InChI=1S/C15H21F3/c1-5-7-14(4,6-2)12-8-11(3)9-13(10-12)15(16,17)18/h8-10H,5-7H2,1-4H3. The number of aryl methyl sites for hydroxylation is 1. The lowest BCUT2D eigenvalue weighted by atomic mass is 9.75. The summed E-state index contributed by atoms with van der Waals surface area (Å²) in [7, 11) is 0.